The van der Waals surface area contributed by atoms with Crippen LogP contribution in [-0.2, 0) is 0 Å². The number of fused-ring (bicyclic) bond motifs is 1. The van der Waals surface area contributed by atoms with Crippen molar-refractivity contribution in [1.82, 2.24) is 10.1 Å². The molecule has 0 aliphatic carbocycles. The maximum absolute atomic E-state index is 13.1. The van der Waals surface area contributed by atoms with E-state index in [1.807, 2.05) is 50.4 Å². The van der Waals surface area contributed by atoms with Crippen LogP contribution in [0.1, 0.15) is 27.6 Å². The lowest BCUT2D eigenvalue weighted by Gasteiger charge is -2.08. The number of aryl methyl sites for hydroxylation is 3. The third-order valence-electron chi connectivity index (χ3n) is 4.53. The first-order chi connectivity index (χ1) is 13.5. The van der Waals surface area contributed by atoms with E-state index in [0.717, 1.165) is 27.7 Å². The average molecular weight is 393 g/mol. The molecule has 1 amide bonds. The van der Waals surface area contributed by atoms with E-state index in [4.69, 9.17) is 8.94 Å². The van der Waals surface area contributed by atoms with Gasteiger partial charge in [0.15, 0.2) is 0 Å². The number of furan rings is 1. The van der Waals surface area contributed by atoms with Crippen LogP contribution in [0.5, 0.6) is 0 Å². The molecule has 3 heterocycles. The smallest absolute Gasteiger partial charge is 0.259 e. The summed E-state index contributed by atoms with van der Waals surface area (Å²) in [5.41, 5.74) is 3.57. The van der Waals surface area contributed by atoms with Crippen molar-refractivity contribution in [3.8, 4) is 11.3 Å². The molecule has 0 radical (unpaired) electrons. The van der Waals surface area contributed by atoms with E-state index in [1.54, 1.807) is 24.8 Å². The molecule has 0 saturated heterocycles. The fraction of sp³-hybridized carbons (Fsp3) is 0.190. The minimum absolute atomic E-state index is 0.241. The standard InChI is InChI=1S/C21H19N3O3S/c1-11-9-16(13(3)26-11)18-10-17(19-12(2)24-27-21(19)23-18)20(25)22-14-5-7-15(28-4)8-6-14/h5-10H,1-4H3,(H,22,25). The Morgan fingerprint density at radius 1 is 1.11 bits per heavy atom. The second kappa shape index (κ2) is 7.16. The molecule has 28 heavy (non-hydrogen) atoms. The number of rotatable bonds is 4. The third kappa shape index (κ3) is 3.29. The molecule has 6 nitrogen and oxygen atoms in total. The van der Waals surface area contributed by atoms with E-state index >= 15 is 0 Å². The fourth-order valence-corrected chi connectivity index (χ4v) is 3.58. The Morgan fingerprint density at radius 2 is 1.86 bits per heavy atom. The Kier molecular flexibility index (Phi) is 4.68. The number of carbonyl (C=O) groups is 1. The number of anilines is 1. The van der Waals surface area contributed by atoms with Crippen molar-refractivity contribution < 1.29 is 13.7 Å². The highest BCUT2D eigenvalue weighted by atomic mass is 32.2. The van der Waals surface area contributed by atoms with Crippen LogP contribution >= 0.6 is 11.8 Å². The van der Waals surface area contributed by atoms with E-state index in [9.17, 15) is 4.79 Å². The minimum Gasteiger partial charge on any atom is -0.466 e. The molecule has 4 aromatic rings. The van der Waals surface area contributed by atoms with Gasteiger partial charge in [-0.15, -0.1) is 11.8 Å². The van der Waals surface area contributed by atoms with E-state index in [-0.39, 0.29) is 5.91 Å². The Morgan fingerprint density at radius 3 is 2.50 bits per heavy atom. The van der Waals surface area contributed by atoms with Gasteiger partial charge in [0.25, 0.3) is 11.6 Å². The molecule has 0 atom stereocenters. The molecule has 0 unspecified atom stereocenters. The van der Waals surface area contributed by atoms with Crippen molar-refractivity contribution in [2.75, 3.05) is 11.6 Å². The predicted octanol–water partition coefficient (Wildman–Crippen LogP) is 5.38. The lowest BCUT2D eigenvalue weighted by molar-refractivity contribution is 0.102. The summed E-state index contributed by atoms with van der Waals surface area (Å²) in [6.07, 6.45) is 2.01. The van der Waals surface area contributed by atoms with Gasteiger partial charge in [0.1, 0.15) is 11.5 Å². The number of amides is 1. The minimum atomic E-state index is -0.241. The highest BCUT2D eigenvalue weighted by Crippen LogP contribution is 2.31. The molecule has 3 aromatic heterocycles. The number of carbonyl (C=O) groups excluding carboxylic acids is 1. The quantitative estimate of drug-likeness (QED) is 0.469. The summed E-state index contributed by atoms with van der Waals surface area (Å²) in [4.78, 5) is 18.7. The molecule has 0 spiro atoms. The molecular weight excluding hydrogens is 374 g/mol. The maximum atomic E-state index is 13.1. The molecule has 0 fully saturated rings. The van der Waals surface area contributed by atoms with E-state index < -0.39 is 0 Å². The summed E-state index contributed by atoms with van der Waals surface area (Å²) in [5, 5.41) is 7.55. The largest absolute Gasteiger partial charge is 0.466 e. The van der Waals surface area contributed by atoms with Crippen LogP contribution in [0.15, 0.2) is 50.2 Å². The van der Waals surface area contributed by atoms with E-state index in [2.05, 4.69) is 15.5 Å². The Balaban J connectivity index is 1.78. The predicted molar refractivity (Wildman–Crippen MR) is 110 cm³/mol. The third-order valence-corrected chi connectivity index (χ3v) is 5.27. The number of thioether (sulfide) groups is 1. The monoisotopic (exact) mass is 393 g/mol. The van der Waals surface area contributed by atoms with E-state index in [1.165, 1.54) is 0 Å². The number of nitrogens with zero attached hydrogens (tertiary/aromatic N) is 2. The molecule has 0 bridgehead atoms. The Hall–Kier alpha value is -3.06. The lowest BCUT2D eigenvalue weighted by atomic mass is 10.1. The van der Waals surface area contributed by atoms with Gasteiger partial charge in [0.05, 0.1) is 22.3 Å². The lowest BCUT2D eigenvalue weighted by Crippen LogP contribution is -2.13. The SMILES string of the molecule is CSc1ccc(NC(=O)c2cc(-c3cc(C)oc3C)nc3onc(C)c23)cc1. The van der Waals surface area contributed by atoms with Gasteiger partial charge in [-0.1, -0.05) is 5.16 Å². The molecule has 0 aliphatic rings. The van der Waals surface area contributed by atoms with Gasteiger partial charge < -0.3 is 14.3 Å². The Labute approximate surface area is 166 Å². The molecule has 0 saturated carbocycles. The number of pyridine rings is 1. The molecule has 4 rings (SSSR count). The van der Waals surface area contributed by atoms with Gasteiger partial charge in [-0.3, -0.25) is 4.79 Å². The molecule has 142 valence electrons. The second-order valence-electron chi connectivity index (χ2n) is 6.51. The van der Waals surface area contributed by atoms with E-state index in [0.29, 0.717) is 28.1 Å². The fourth-order valence-electron chi connectivity index (χ4n) is 3.17. The van der Waals surface area contributed by atoms with Crippen molar-refractivity contribution in [3.05, 3.63) is 59.2 Å². The van der Waals surface area contributed by atoms with Crippen molar-refractivity contribution >= 4 is 34.5 Å². The first-order valence-corrected chi connectivity index (χ1v) is 9.98. The van der Waals surface area contributed by atoms with Gasteiger partial charge in [0.2, 0.25) is 0 Å². The van der Waals surface area contributed by atoms with Gasteiger partial charge in [-0.2, -0.15) is 0 Å². The van der Waals surface area contributed by atoms with Gasteiger partial charge in [0, 0.05) is 16.1 Å². The first-order valence-electron chi connectivity index (χ1n) is 8.76. The van der Waals surface area contributed by atoms with Crippen molar-refractivity contribution in [3.63, 3.8) is 0 Å². The summed E-state index contributed by atoms with van der Waals surface area (Å²) < 4.78 is 11.0. The number of nitrogens with one attached hydrogen (secondary N) is 1. The van der Waals surface area contributed by atoms with Gasteiger partial charge in [-0.05, 0) is 63.4 Å². The molecule has 0 aliphatic heterocycles. The summed E-state index contributed by atoms with van der Waals surface area (Å²) in [7, 11) is 0. The van der Waals surface area contributed by atoms with Crippen molar-refractivity contribution in [2.24, 2.45) is 0 Å². The molecular formula is C21H19N3O3S. The topological polar surface area (TPSA) is 81.2 Å². The van der Waals surface area contributed by atoms with Crippen LogP contribution in [0.3, 0.4) is 0 Å². The number of benzene rings is 1. The normalized spacial score (nSPS) is 11.1. The Bertz CT molecular complexity index is 1180. The van der Waals surface area contributed by atoms with Gasteiger partial charge in [-0.25, -0.2) is 4.98 Å². The number of aromatic nitrogens is 2. The van der Waals surface area contributed by atoms with Crippen LogP contribution in [0.2, 0.25) is 0 Å². The average Bonchev–Trinajstić information content (AvgIpc) is 3.23. The van der Waals surface area contributed by atoms with Crippen molar-refractivity contribution in [2.45, 2.75) is 25.7 Å². The highest BCUT2D eigenvalue weighted by Gasteiger charge is 2.21. The van der Waals surface area contributed by atoms with Crippen LogP contribution in [-0.4, -0.2) is 22.3 Å². The van der Waals surface area contributed by atoms with Crippen LogP contribution in [0.4, 0.5) is 5.69 Å². The number of hydrogen-bond acceptors (Lipinski definition) is 6. The zero-order chi connectivity index (χ0) is 19.8. The summed E-state index contributed by atoms with van der Waals surface area (Å²) in [5.74, 6) is 1.28. The molecule has 1 aromatic carbocycles. The highest BCUT2D eigenvalue weighted by molar-refractivity contribution is 7.98. The summed E-state index contributed by atoms with van der Waals surface area (Å²) in [6, 6.07) is 11.4. The maximum Gasteiger partial charge on any atom is 0.259 e. The number of hydrogen-bond donors (Lipinski definition) is 1. The zero-order valence-corrected chi connectivity index (χ0v) is 16.8. The van der Waals surface area contributed by atoms with Crippen LogP contribution in [0.25, 0.3) is 22.4 Å². The summed E-state index contributed by atoms with van der Waals surface area (Å²) in [6.45, 7) is 5.54. The second-order valence-corrected chi connectivity index (χ2v) is 7.39. The van der Waals surface area contributed by atoms with Crippen LogP contribution < -0.4 is 5.32 Å². The zero-order valence-electron chi connectivity index (χ0n) is 16.0. The summed E-state index contributed by atoms with van der Waals surface area (Å²) >= 11 is 1.65. The molecule has 7 heteroatoms. The van der Waals surface area contributed by atoms with Crippen molar-refractivity contribution in [1.29, 1.82) is 0 Å². The first kappa shape index (κ1) is 18.3. The van der Waals surface area contributed by atoms with Gasteiger partial charge >= 0.3 is 0 Å². The molecule has 1 N–H and O–H groups in total. The van der Waals surface area contributed by atoms with Crippen LogP contribution in [0, 0.1) is 20.8 Å².